The molecule has 4 heteroatoms. The zero-order chi connectivity index (χ0) is 19.7. The molecule has 0 spiro atoms. The van der Waals surface area contributed by atoms with E-state index in [1.54, 1.807) is 28.9 Å². The third-order valence-corrected chi connectivity index (χ3v) is 4.95. The van der Waals surface area contributed by atoms with Crippen molar-refractivity contribution < 1.29 is 4.79 Å². The van der Waals surface area contributed by atoms with Crippen LogP contribution in [-0.4, -0.2) is 15.6 Å². The first kappa shape index (κ1) is 18.2. The number of ketones is 1. The van der Waals surface area contributed by atoms with Gasteiger partial charge in [0.15, 0.2) is 0 Å². The molecule has 4 rings (SSSR count). The number of aromatic nitrogens is 2. The van der Waals surface area contributed by atoms with E-state index in [1.165, 1.54) is 11.1 Å². The van der Waals surface area contributed by atoms with E-state index in [-0.39, 0.29) is 5.78 Å². The van der Waals surface area contributed by atoms with Crippen LogP contribution in [0, 0.1) is 13.8 Å². The third kappa shape index (κ3) is 3.62. The molecule has 0 fully saturated rings. The van der Waals surface area contributed by atoms with Crippen LogP contribution < -0.4 is 0 Å². The van der Waals surface area contributed by atoms with E-state index in [0.29, 0.717) is 16.3 Å². The van der Waals surface area contributed by atoms with Crippen molar-refractivity contribution in [2.45, 2.75) is 13.8 Å². The van der Waals surface area contributed by atoms with Gasteiger partial charge in [0, 0.05) is 22.3 Å². The zero-order valence-electron chi connectivity index (χ0n) is 15.7. The Morgan fingerprint density at radius 3 is 2.00 bits per heavy atom. The van der Waals surface area contributed by atoms with Crippen molar-refractivity contribution in [3.63, 3.8) is 0 Å². The lowest BCUT2D eigenvalue weighted by atomic mass is 10.00. The molecule has 1 aromatic heterocycles. The second-order valence-corrected chi connectivity index (χ2v) is 7.31. The van der Waals surface area contributed by atoms with Crippen LogP contribution in [0.25, 0.3) is 16.8 Å². The topological polar surface area (TPSA) is 34.9 Å². The predicted octanol–water partition coefficient (Wildman–Crippen LogP) is 6.04. The van der Waals surface area contributed by atoms with Gasteiger partial charge in [0.1, 0.15) is 5.69 Å². The van der Waals surface area contributed by atoms with Gasteiger partial charge in [-0.1, -0.05) is 59.1 Å². The van der Waals surface area contributed by atoms with Crippen LogP contribution in [-0.2, 0) is 0 Å². The van der Waals surface area contributed by atoms with Crippen LogP contribution in [0.5, 0.6) is 0 Å². The lowest BCUT2D eigenvalue weighted by Gasteiger charge is -2.03. The maximum absolute atomic E-state index is 13.2. The highest BCUT2D eigenvalue weighted by atomic mass is 35.5. The molecule has 0 N–H and O–H groups in total. The molecule has 0 aliphatic carbocycles. The molecule has 1 heterocycles. The summed E-state index contributed by atoms with van der Waals surface area (Å²) < 4.78 is 1.76. The van der Waals surface area contributed by atoms with Crippen molar-refractivity contribution in [1.82, 2.24) is 9.78 Å². The van der Waals surface area contributed by atoms with Crippen molar-refractivity contribution in [2.75, 3.05) is 0 Å². The van der Waals surface area contributed by atoms with Crippen LogP contribution in [0.3, 0.4) is 0 Å². The largest absolute Gasteiger partial charge is 0.287 e. The van der Waals surface area contributed by atoms with Gasteiger partial charge in [0.25, 0.3) is 0 Å². The van der Waals surface area contributed by atoms with Crippen molar-refractivity contribution in [3.05, 3.63) is 106 Å². The van der Waals surface area contributed by atoms with Gasteiger partial charge >= 0.3 is 0 Å². The molecule has 3 nitrogen and oxygen atoms in total. The second kappa shape index (κ2) is 7.45. The maximum Gasteiger partial charge on any atom is 0.213 e. The lowest BCUT2D eigenvalue weighted by molar-refractivity contribution is 0.103. The molecule has 3 aromatic carbocycles. The highest BCUT2D eigenvalue weighted by Crippen LogP contribution is 2.27. The number of carbonyl (C=O) groups is 1. The Kier molecular flexibility index (Phi) is 4.84. The van der Waals surface area contributed by atoms with Crippen molar-refractivity contribution in [3.8, 4) is 16.8 Å². The van der Waals surface area contributed by atoms with Crippen molar-refractivity contribution in [1.29, 1.82) is 0 Å². The molecule has 4 aromatic rings. The maximum atomic E-state index is 13.2. The molecular formula is C24H19ClN2O. The molecule has 0 aliphatic heterocycles. The normalized spacial score (nSPS) is 10.8. The summed E-state index contributed by atoms with van der Waals surface area (Å²) in [5.41, 5.74) is 6.00. The summed E-state index contributed by atoms with van der Waals surface area (Å²) in [6.45, 7) is 4.08. The first-order valence-corrected chi connectivity index (χ1v) is 9.43. The van der Waals surface area contributed by atoms with E-state index in [0.717, 1.165) is 16.8 Å². The quantitative estimate of drug-likeness (QED) is 0.401. The Morgan fingerprint density at radius 2 is 1.39 bits per heavy atom. The summed E-state index contributed by atoms with van der Waals surface area (Å²) in [6, 6.07) is 23.1. The summed E-state index contributed by atoms with van der Waals surface area (Å²) in [5.74, 6) is -0.127. The minimum atomic E-state index is -0.127. The summed E-state index contributed by atoms with van der Waals surface area (Å²) >= 11 is 5.97. The number of hydrogen-bond donors (Lipinski definition) is 0. The SMILES string of the molecule is Cc1ccc(-c2cn(-c3ccc(C)cc3)nc2C(=O)c2ccc(Cl)cc2)cc1. The second-order valence-electron chi connectivity index (χ2n) is 6.87. The molecule has 138 valence electrons. The van der Waals surface area contributed by atoms with E-state index < -0.39 is 0 Å². The Bertz CT molecular complexity index is 1120. The summed E-state index contributed by atoms with van der Waals surface area (Å²) in [7, 11) is 0. The Balaban J connectivity index is 1.85. The highest BCUT2D eigenvalue weighted by Gasteiger charge is 2.20. The number of aryl methyl sites for hydroxylation is 2. The van der Waals surface area contributed by atoms with Gasteiger partial charge < -0.3 is 0 Å². The van der Waals surface area contributed by atoms with Crippen molar-refractivity contribution >= 4 is 17.4 Å². The van der Waals surface area contributed by atoms with Crippen LogP contribution in [0.2, 0.25) is 5.02 Å². The number of carbonyl (C=O) groups excluding carboxylic acids is 1. The molecule has 0 amide bonds. The van der Waals surface area contributed by atoms with Gasteiger partial charge in [-0.05, 0) is 55.8 Å². The number of hydrogen-bond acceptors (Lipinski definition) is 2. The fraction of sp³-hybridized carbons (Fsp3) is 0.0833. The van der Waals surface area contributed by atoms with Gasteiger partial charge in [-0.15, -0.1) is 0 Å². The smallest absolute Gasteiger partial charge is 0.213 e. The molecule has 0 radical (unpaired) electrons. The van der Waals surface area contributed by atoms with Gasteiger partial charge in [-0.25, -0.2) is 4.68 Å². The molecule has 0 bridgehead atoms. The van der Waals surface area contributed by atoms with Gasteiger partial charge in [-0.3, -0.25) is 4.79 Å². The molecular weight excluding hydrogens is 368 g/mol. The van der Waals surface area contributed by atoms with E-state index in [2.05, 4.69) is 5.10 Å². The van der Waals surface area contributed by atoms with Crippen molar-refractivity contribution in [2.24, 2.45) is 0 Å². The molecule has 0 unspecified atom stereocenters. The molecule has 0 saturated carbocycles. The Morgan fingerprint density at radius 1 is 0.821 bits per heavy atom. The highest BCUT2D eigenvalue weighted by molar-refractivity contribution is 6.30. The molecule has 0 atom stereocenters. The lowest BCUT2D eigenvalue weighted by Crippen LogP contribution is -2.05. The first-order valence-electron chi connectivity index (χ1n) is 9.05. The molecule has 0 saturated heterocycles. The van der Waals surface area contributed by atoms with E-state index in [9.17, 15) is 4.79 Å². The number of rotatable bonds is 4. The predicted molar refractivity (Wildman–Crippen MR) is 113 cm³/mol. The number of benzene rings is 3. The first-order chi connectivity index (χ1) is 13.5. The van der Waals surface area contributed by atoms with Crippen LogP contribution in [0.1, 0.15) is 27.2 Å². The number of halogens is 1. The number of nitrogens with zero attached hydrogens (tertiary/aromatic N) is 2. The molecule has 28 heavy (non-hydrogen) atoms. The fourth-order valence-corrected chi connectivity index (χ4v) is 3.18. The summed E-state index contributed by atoms with van der Waals surface area (Å²) in [4.78, 5) is 13.2. The average molecular weight is 387 g/mol. The van der Waals surface area contributed by atoms with Gasteiger partial charge in [0.2, 0.25) is 5.78 Å². The Hall–Kier alpha value is -3.17. The van der Waals surface area contributed by atoms with Crippen LogP contribution in [0.15, 0.2) is 79.0 Å². The summed E-state index contributed by atoms with van der Waals surface area (Å²) in [5, 5.41) is 5.24. The van der Waals surface area contributed by atoms with Gasteiger partial charge in [-0.2, -0.15) is 5.10 Å². The van der Waals surface area contributed by atoms with E-state index in [4.69, 9.17) is 11.6 Å². The van der Waals surface area contributed by atoms with Gasteiger partial charge in [0.05, 0.1) is 5.69 Å². The standard InChI is InChI=1S/C24H19ClN2O/c1-16-3-7-18(8-4-16)22-15-27(21-13-5-17(2)6-14-21)26-23(22)24(28)19-9-11-20(25)12-10-19/h3-15H,1-2H3. The fourth-order valence-electron chi connectivity index (χ4n) is 3.05. The average Bonchev–Trinajstić information content (AvgIpc) is 3.14. The Labute approximate surface area is 169 Å². The minimum Gasteiger partial charge on any atom is -0.287 e. The summed E-state index contributed by atoms with van der Waals surface area (Å²) in [6.07, 6.45) is 1.92. The minimum absolute atomic E-state index is 0.127. The van der Waals surface area contributed by atoms with Crippen LogP contribution in [0.4, 0.5) is 0 Å². The monoisotopic (exact) mass is 386 g/mol. The third-order valence-electron chi connectivity index (χ3n) is 4.70. The molecule has 0 aliphatic rings. The van der Waals surface area contributed by atoms with E-state index >= 15 is 0 Å². The van der Waals surface area contributed by atoms with E-state index in [1.807, 2.05) is 68.6 Å². The van der Waals surface area contributed by atoms with Crippen LogP contribution >= 0.6 is 11.6 Å². The zero-order valence-corrected chi connectivity index (χ0v) is 16.4.